The van der Waals surface area contributed by atoms with Crippen LogP contribution in [-0.4, -0.2) is 38.2 Å². The van der Waals surface area contributed by atoms with E-state index in [1.807, 2.05) is 32.1 Å². The van der Waals surface area contributed by atoms with Crippen LogP contribution in [-0.2, 0) is 27.1 Å². The summed E-state index contributed by atoms with van der Waals surface area (Å²) in [5, 5.41) is 9.32. The Morgan fingerprint density at radius 1 is 1.21 bits per heavy atom. The summed E-state index contributed by atoms with van der Waals surface area (Å²) in [6.45, 7) is 0.381. The second kappa shape index (κ2) is 6.12. The van der Waals surface area contributed by atoms with E-state index in [9.17, 15) is 14.7 Å². The first kappa shape index (κ1) is 16.3. The van der Waals surface area contributed by atoms with Crippen molar-refractivity contribution in [3.63, 3.8) is 0 Å². The summed E-state index contributed by atoms with van der Waals surface area (Å²) in [7, 11) is 5.06. The van der Waals surface area contributed by atoms with Crippen molar-refractivity contribution in [3.8, 4) is 0 Å². The number of hydrogen-bond donors (Lipinski definition) is 1. The van der Waals surface area contributed by atoms with E-state index in [-0.39, 0.29) is 12.2 Å². The van der Waals surface area contributed by atoms with Gasteiger partial charge in [-0.15, -0.1) is 0 Å². The van der Waals surface area contributed by atoms with Gasteiger partial charge in [0.15, 0.2) is 11.2 Å². The number of fused-ring (bicyclic) bond motifs is 1. The minimum absolute atomic E-state index is 0.0780. The molecular formula is C16H19BN4O3. The molecule has 1 N–H and O–H groups in total. The quantitative estimate of drug-likeness (QED) is 0.578. The van der Waals surface area contributed by atoms with Crippen LogP contribution >= 0.6 is 0 Å². The number of hydrogen-bond acceptors (Lipinski definition) is 4. The molecule has 0 aliphatic heterocycles. The van der Waals surface area contributed by atoms with E-state index < -0.39 is 5.69 Å². The second-order valence-corrected chi connectivity index (χ2v) is 5.95. The van der Waals surface area contributed by atoms with Gasteiger partial charge in [0.2, 0.25) is 0 Å². The van der Waals surface area contributed by atoms with Crippen molar-refractivity contribution in [1.82, 2.24) is 18.7 Å². The highest BCUT2D eigenvalue weighted by Gasteiger charge is 2.18. The summed E-state index contributed by atoms with van der Waals surface area (Å²) in [6, 6.07) is 7.99. The molecule has 0 radical (unpaired) electrons. The van der Waals surface area contributed by atoms with Crippen LogP contribution < -0.4 is 16.7 Å². The van der Waals surface area contributed by atoms with Gasteiger partial charge in [0.25, 0.3) is 5.56 Å². The number of aromatic nitrogens is 4. The van der Waals surface area contributed by atoms with Gasteiger partial charge in [-0.05, 0) is 5.56 Å². The molecule has 0 aliphatic carbocycles. The first-order valence-corrected chi connectivity index (χ1v) is 7.75. The third-order valence-corrected chi connectivity index (χ3v) is 4.19. The zero-order valence-corrected chi connectivity index (χ0v) is 14.0. The van der Waals surface area contributed by atoms with Crippen molar-refractivity contribution in [1.29, 1.82) is 0 Å². The lowest BCUT2D eigenvalue weighted by molar-refractivity contribution is 0.295. The molecule has 2 aromatic heterocycles. The van der Waals surface area contributed by atoms with Gasteiger partial charge in [0, 0.05) is 27.1 Å². The summed E-state index contributed by atoms with van der Waals surface area (Å²) in [5.41, 5.74) is 2.09. The van der Waals surface area contributed by atoms with Crippen LogP contribution in [0.1, 0.15) is 11.4 Å². The molecule has 0 fully saturated rings. The number of aliphatic hydroxyl groups excluding tert-OH is 1. The Morgan fingerprint density at radius 2 is 1.96 bits per heavy atom. The SMILES string of the molecule is Bc1cccc(Cn2c(CCO)nc3c2c(=O)n(C)c(=O)n3C)c1. The Balaban J connectivity index is 2.30. The third-order valence-electron chi connectivity index (χ3n) is 4.19. The fraction of sp³-hybridized carbons (Fsp3) is 0.312. The number of imidazole rings is 1. The summed E-state index contributed by atoms with van der Waals surface area (Å²) in [6.07, 6.45) is 0.317. The Kier molecular flexibility index (Phi) is 4.15. The Bertz CT molecular complexity index is 1030. The van der Waals surface area contributed by atoms with Crippen molar-refractivity contribution in [2.45, 2.75) is 13.0 Å². The topological polar surface area (TPSA) is 82.1 Å². The van der Waals surface area contributed by atoms with Crippen LogP contribution in [0.3, 0.4) is 0 Å². The van der Waals surface area contributed by atoms with E-state index in [0.29, 0.717) is 30.0 Å². The number of benzene rings is 1. The molecular weight excluding hydrogens is 307 g/mol. The van der Waals surface area contributed by atoms with Crippen LogP contribution in [0.4, 0.5) is 0 Å². The lowest BCUT2D eigenvalue weighted by Gasteiger charge is -2.10. The van der Waals surface area contributed by atoms with Crippen LogP contribution in [0.25, 0.3) is 11.2 Å². The molecule has 0 amide bonds. The van der Waals surface area contributed by atoms with Gasteiger partial charge < -0.3 is 9.67 Å². The first-order chi connectivity index (χ1) is 11.4. The molecule has 2 heterocycles. The molecule has 0 spiro atoms. The highest BCUT2D eigenvalue weighted by Crippen LogP contribution is 2.14. The lowest BCUT2D eigenvalue weighted by atomic mass is 9.94. The molecule has 0 aliphatic rings. The molecule has 1 aromatic carbocycles. The van der Waals surface area contributed by atoms with Gasteiger partial charge in [-0.2, -0.15) is 0 Å². The predicted molar refractivity (Wildman–Crippen MR) is 94.7 cm³/mol. The lowest BCUT2D eigenvalue weighted by Crippen LogP contribution is -2.37. The van der Waals surface area contributed by atoms with Gasteiger partial charge in [0.05, 0.1) is 6.61 Å². The number of nitrogens with zero attached hydrogens (tertiary/aromatic N) is 4. The monoisotopic (exact) mass is 326 g/mol. The zero-order valence-electron chi connectivity index (χ0n) is 14.0. The van der Waals surface area contributed by atoms with E-state index in [1.165, 1.54) is 11.6 Å². The predicted octanol–water partition coefficient (Wildman–Crippen LogP) is -1.72. The molecule has 24 heavy (non-hydrogen) atoms. The summed E-state index contributed by atoms with van der Waals surface area (Å²) in [5.74, 6) is 0.590. The molecule has 3 aromatic rings. The molecule has 124 valence electrons. The van der Waals surface area contributed by atoms with Crippen molar-refractivity contribution in [3.05, 3.63) is 56.5 Å². The second-order valence-electron chi connectivity index (χ2n) is 5.95. The van der Waals surface area contributed by atoms with Crippen molar-refractivity contribution >= 4 is 24.5 Å². The summed E-state index contributed by atoms with van der Waals surface area (Å²) >= 11 is 0. The van der Waals surface area contributed by atoms with Crippen LogP contribution in [0, 0.1) is 0 Å². The van der Waals surface area contributed by atoms with Gasteiger partial charge in [-0.3, -0.25) is 13.9 Å². The molecule has 7 nitrogen and oxygen atoms in total. The van der Waals surface area contributed by atoms with Crippen molar-refractivity contribution < 1.29 is 5.11 Å². The van der Waals surface area contributed by atoms with Gasteiger partial charge in [0.1, 0.15) is 13.7 Å². The highest BCUT2D eigenvalue weighted by molar-refractivity contribution is 6.32. The summed E-state index contributed by atoms with van der Waals surface area (Å²) < 4.78 is 4.24. The molecule has 8 heteroatoms. The van der Waals surface area contributed by atoms with Crippen LogP contribution in [0.5, 0.6) is 0 Å². The van der Waals surface area contributed by atoms with E-state index in [0.717, 1.165) is 15.6 Å². The number of rotatable bonds is 4. The maximum absolute atomic E-state index is 12.6. The molecule has 0 saturated heterocycles. The largest absolute Gasteiger partial charge is 0.396 e. The van der Waals surface area contributed by atoms with E-state index in [1.54, 1.807) is 11.6 Å². The number of aryl methyl sites for hydroxylation is 1. The third kappa shape index (κ3) is 2.58. The molecule has 3 rings (SSSR count). The van der Waals surface area contributed by atoms with Gasteiger partial charge >= 0.3 is 5.69 Å². The molecule has 0 unspecified atom stereocenters. The minimum Gasteiger partial charge on any atom is -0.396 e. The Labute approximate surface area is 139 Å². The van der Waals surface area contributed by atoms with E-state index in [4.69, 9.17) is 0 Å². The fourth-order valence-electron chi connectivity index (χ4n) is 2.95. The standard InChI is InChI=1S/C16H19BN4O3/c1-19-14-13(15(23)20(2)16(19)24)21(12(18-14)6-7-22)9-10-4-3-5-11(17)8-10/h3-5,8,22H,6-7,9,17H2,1-2H3. The summed E-state index contributed by atoms with van der Waals surface area (Å²) in [4.78, 5) is 29.2. The Hall–Kier alpha value is -2.61. The highest BCUT2D eigenvalue weighted by atomic mass is 16.3. The van der Waals surface area contributed by atoms with Gasteiger partial charge in [-0.25, -0.2) is 9.78 Å². The van der Waals surface area contributed by atoms with E-state index >= 15 is 0 Å². The zero-order chi connectivity index (χ0) is 17.4. The average molecular weight is 326 g/mol. The maximum Gasteiger partial charge on any atom is 0.332 e. The number of aliphatic hydroxyl groups is 1. The first-order valence-electron chi connectivity index (χ1n) is 7.75. The van der Waals surface area contributed by atoms with Crippen molar-refractivity contribution in [2.75, 3.05) is 6.61 Å². The van der Waals surface area contributed by atoms with Gasteiger partial charge in [-0.1, -0.05) is 29.7 Å². The normalized spacial score (nSPS) is 11.3. The average Bonchev–Trinajstić information content (AvgIpc) is 2.90. The van der Waals surface area contributed by atoms with Crippen LogP contribution in [0.15, 0.2) is 33.9 Å². The Morgan fingerprint density at radius 3 is 2.62 bits per heavy atom. The smallest absolute Gasteiger partial charge is 0.332 e. The molecule has 0 atom stereocenters. The minimum atomic E-state index is -0.414. The van der Waals surface area contributed by atoms with Crippen LogP contribution in [0.2, 0.25) is 0 Å². The molecule has 0 saturated carbocycles. The molecule has 0 bridgehead atoms. The maximum atomic E-state index is 12.6. The fourth-order valence-corrected chi connectivity index (χ4v) is 2.95. The van der Waals surface area contributed by atoms with Crippen molar-refractivity contribution in [2.24, 2.45) is 14.1 Å². The van der Waals surface area contributed by atoms with E-state index in [2.05, 4.69) is 4.98 Å².